The van der Waals surface area contributed by atoms with Crippen LogP contribution in [-0.2, 0) is 16.0 Å². The molecule has 0 radical (unpaired) electrons. The van der Waals surface area contributed by atoms with E-state index in [4.69, 9.17) is 11.5 Å². The van der Waals surface area contributed by atoms with E-state index in [9.17, 15) is 19.8 Å². The molecule has 1 rings (SSSR count). The number of benzene rings is 1. The molecule has 0 heterocycles. The van der Waals surface area contributed by atoms with Crippen LogP contribution >= 0.6 is 0 Å². The fourth-order valence-electron chi connectivity index (χ4n) is 1.67. The van der Waals surface area contributed by atoms with Crippen LogP contribution < -0.4 is 16.8 Å². The first kappa shape index (κ1) is 17.3. The molecule has 7 nitrogen and oxygen atoms in total. The lowest BCUT2D eigenvalue weighted by Crippen LogP contribution is -2.48. The SMILES string of the molecule is N/C=C\C=C/C(N)C(=O)N[C@@H](Cc1ccc(O)cc1)C(=O)O. The van der Waals surface area contributed by atoms with Crippen molar-refractivity contribution >= 4 is 11.9 Å². The third-order valence-corrected chi connectivity index (χ3v) is 2.83. The number of allylic oxidation sites excluding steroid dienone is 2. The molecule has 1 unspecified atom stereocenters. The minimum Gasteiger partial charge on any atom is -0.508 e. The number of amides is 1. The standard InChI is InChI=1S/C15H19N3O4/c16-8-2-1-3-12(17)14(20)18-13(15(21)22)9-10-4-6-11(19)7-5-10/h1-8,12-13,19H,9,16-17H2,(H,18,20)(H,21,22)/b3-1-,8-2-/t12?,13-/m0/s1. The van der Waals surface area contributed by atoms with Gasteiger partial charge in [0.05, 0.1) is 0 Å². The van der Waals surface area contributed by atoms with Crippen LogP contribution in [0.5, 0.6) is 5.75 Å². The second-order valence-electron chi connectivity index (χ2n) is 4.57. The van der Waals surface area contributed by atoms with Crippen molar-refractivity contribution in [2.75, 3.05) is 0 Å². The van der Waals surface area contributed by atoms with Gasteiger partial charge in [-0.2, -0.15) is 0 Å². The van der Waals surface area contributed by atoms with E-state index in [0.29, 0.717) is 5.56 Å². The van der Waals surface area contributed by atoms with Crippen LogP contribution in [0.15, 0.2) is 48.7 Å². The van der Waals surface area contributed by atoms with Crippen molar-refractivity contribution in [1.82, 2.24) is 5.32 Å². The zero-order chi connectivity index (χ0) is 16.5. The maximum Gasteiger partial charge on any atom is 0.326 e. The van der Waals surface area contributed by atoms with E-state index in [1.807, 2.05) is 0 Å². The molecule has 2 atom stereocenters. The van der Waals surface area contributed by atoms with Crippen LogP contribution in [0.2, 0.25) is 0 Å². The van der Waals surface area contributed by atoms with Gasteiger partial charge in [-0.1, -0.05) is 24.3 Å². The number of hydrogen-bond acceptors (Lipinski definition) is 5. The lowest BCUT2D eigenvalue weighted by molar-refractivity contribution is -0.141. The topological polar surface area (TPSA) is 139 Å². The second-order valence-corrected chi connectivity index (χ2v) is 4.57. The average molecular weight is 305 g/mol. The number of nitrogens with two attached hydrogens (primary N) is 2. The number of aromatic hydroxyl groups is 1. The Morgan fingerprint density at radius 1 is 1.23 bits per heavy atom. The summed E-state index contributed by atoms with van der Waals surface area (Å²) in [6.07, 6.45) is 5.77. The highest BCUT2D eigenvalue weighted by Crippen LogP contribution is 2.11. The van der Waals surface area contributed by atoms with Crippen LogP contribution in [0.3, 0.4) is 0 Å². The summed E-state index contributed by atoms with van der Waals surface area (Å²) in [5, 5.41) is 20.8. The van der Waals surface area contributed by atoms with Crippen molar-refractivity contribution in [1.29, 1.82) is 0 Å². The minimum absolute atomic E-state index is 0.0831. The molecule has 22 heavy (non-hydrogen) atoms. The van der Waals surface area contributed by atoms with Gasteiger partial charge < -0.3 is 27.0 Å². The Bertz CT molecular complexity index is 567. The van der Waals surface area contributed by atoms with Crippen molar-refractivity contribution < 1.29 is 19.8 Å². The first-order chi connectivity index (χ1) is 10.4. The number of hydrogen-bond donors (Lipinski definition) is 5. The fourth-order valence-corrected chi connectivity index (χ4v) is 1.67. The highest BCUT2D eigenvalue weighted by atomic mass is 16.4. The minimum atomic E-state index is -1.17. The smallest absolute Gasteiger partial charge is 0.326 e. The molecular formula is C15H19N3O4. The van der Waals surface area contributed by atoms with Gasteiger partial charge in [0.25, 0.3) is 0 Å². The van der Waals surface area contributed by atoms with Gasteiger partial charge >= 0.3 is 5.97 Å². The predicted molar refractivity (Wildman–Crippen MR) is 81.8 cm³/mol. The van der Waals surface area contributed by atoms with E-state index in [1.54, 1.807) is 12.1 Å². The number of phenolic OH excluding ortho intramolecular Hbond substituents is 1. The monoisotopic (exact) mass is 305 g/mol. The zero-order valence-electron chi connectivity index (χ0n) is 11.8. The van der Waals surface area contributed by atoms with Gasteiger partial charge in [-0.3, -0.25) is 4.79 Å². The number of nitrogens with one attached hydrogen (secondary N) is 1. The molecule has 1 aromatic rings. The molecule has 0 aliphatic heterocycles. The molecule has 0 saturated heterocycles. The lowest BCUT2D eigenvalue weighted by Gasteiger charge is -2.16. The van der Waals surface area contributed by atoms with Crippen LogP contribution in [0.4, 0.5) is 0 Å². The molecular weight excluding hydrogens is 286 g/mol. The van der Waals surface area contributed by atoms with Gasteiger partial charge in [-0.15, -0.1) is 0 Å². The third kappa shape index (κ3) is 5.68. The quantitative estimate of drug-likeness (QED) is 0.444. The second kappa shape index (κ2) is 8.48. The molecule has 0 spiro atoms. The van der Waals surface area contributed by atoms with Gasteiger partial charge in [0.2, 0.25) is 5.91 Å². The Kier molecular flexibility index (Phi) is 6.65. The third-order valence-electron chi connectivity index (χ3n) is 2.83. The van der Waals surface area contributed by atoms with Crippen LogP contribution in [0, 0.1) is 0 Å². The van der Waals surface area contributed by atoms with Crippen molar-refractivity contribution in [3.05, 3.63) is 54.3 Å². The molecule has 0 bridgehead atoms. The number of carbonyl (C=O) groups is 2. The Morgan fingerprint density at radius 3 is 2.41 bits per heavy atom. The zero-order valence-corrected chi connectivity index (χ0v) is 11.8. The molecule has 7 N–H and O–H groups in total. The normalized spacial score (nSPS) is 14.0. The Morgan fingerprint density at radius 2 is 1.86 bits per heavy atom. The number of rotatable bonds is 7. The van der Waals surface area contributed by atoms with Gasteiger partial charge in [0.1, 0.15) is 17.8 Å². The summed E-state index contributed by atoms with van der Waals surface area (Å²) in [5.41, 5.74) is 11.4. The average Bonchev–Trinajstić information content (AvgIpc) is 2.48. The van der Waals surface area contributed by atoms with Crippen LogP contribution in [0.1, 0.15) is 5.56 Å². The molecule has 0 aliphatic rings. The lowest BCUT2D eigenvalue weighted by atomic mass is 10.1. The van der Waals surface area contributed by atoms with Crippen LogP contribution in [-0.4, -0.2) is 34.2 Å². The van der Waals surface area contributed by atoms with Crippen molar-refractivity contribution in [3.63, 3.8) is 0 Å². The van der Waals surface area contributed by atoms with E-state index in [1.165, 1.54) is 36.6 Å². The summed E-state index contributed by atoms with van der Waals surface area (Å²) in [5.74, 6) is -1.69. The number of aliphatic carboxylic acids is 1. The molecule has 1 amide bonds. The maximum absolute atomic E-state index is 11.9. The van der Waals surface area contributed by atoms with E-state index < -0.39 is 24.0 Å². The molecule has 0 saturated carbocycles. The predicted octanol–water partition coefficient (Wildman–Crippen LogP) is -0.140. The summed E-state index contributed by atoms with van der Waals surface area (Å²) in [6, 6.07) is 3.99. The summed E-state index contributed by atoms with van der Waals surface area (Å²) in [7, 11) is 0. The van der Waals surface area contributed by atoms with Gasteiger partial charge in [0, 0.05) is 6.42 Å². The summed E-state index contributed by atoms with van der Waals surface area (Å²) >= 11 is 0. The van der Waals surface area contributed by atoms with Crippen molar-refractivity contribution in [3.8, 4) is 5.75 Å². The van der Waals surface area contributed by atoms with Crippen LogP contribution in [0.25, 0.3) is 0 Å². The van der Waals surface area contributed by atoms with E-state index in [-0.39, 0.29) is 12.2 Å². The van der Waals surface area contributed by atoms with Gasteiger partial charge in [-0.05, 0) is 30.0 Å². The first-order valence-corrected chi connectivity index (χ1v) is 6.55. The molecule has 7 heteroatoms. The summed E-state index contributed by atoms with van der Waals surface area (Å²) < 4.78 is 0. The Labute approximate surface area is 127 Å². The van der Waals surface area contributed by atoms with E-state index in [2.05, 4.69) is 5.32 Å². The molecule has 0 aliphatic carbocycles. The maximum atomic E-state index is 11.9. The van der Waals surface area contributed by atoms with Gasteiger partial charge in [0.15, 0.2) is 0 Å². The summed E-state index contributed by atoms with van der Waals surface area (Å²) in [6.45, 7) is 0. The molecule has 0 fully saturated rings. The Hall–Kier alpha value is -2.80. The molecule has 1 aromatic carbocycles. The number of phenols is 1. The largest absolute Gasteiger partial charge is 0.508 e. The number of carbonyl (C=O) groups excluding carboxylic acids is 1. The van der Waals surface area contributed by atoms with E-state index in [0.717, 1.165) is 0 Å². The molecule has 118 valence electrons. The van der Waals surface area contributed by atoms with Crippen molar-refractivity contribution in [2.24, 2.45) is 11.5 Å². The highest BCUT2D eigenvalue weighted by Gasteiger charge is 2.22. The number of carboxylic acids is 1. The highest BCUT2D eigenvalue weighted by molar-refractivity contribution is 5.88. The Balaban J connectivity index is 2.69. The number of carboxylic acid groups (broad SMARTS) is 1. The van der Waals surface area contributed by atoms with E-state index >= 15 is 0 Å². The summed E-state index contributed by atoms with van der Waals surface area (Å²) in [4.78, 5) is 23.1. The molecule has 0 aromatic heterocycles. The first-order valence-electron chi connectivity index (χ1n) is 6.55. The van der Waals surface area contributed by atoms with Crippen molar-refractivity contribution in [2.45, 2.75) is 18.5 Å². The fraction of sp³-hybridized carbons (Fsp3) is 0.200. The van der Waals surface area contributed by atoms with Gasteiger partial charge in [-0.25, -0.2) is 4.79 Å².